The van der Waals surface area contributed by atoms with Crippen LogP contribution in [0.4, 0.5) is 5.69 Å². The van der Waals surface area contributed by atoms with E-state index in [1.165, 1.54) is 6.07 Å². The van der Waals surface area contributed by atoms with Crippen LogP contribution in [0, 0.1) is 6.92 Å². The molecule has 0 saturated carbocycles. The van der Waals surface area contributed by atoms with E-state index in [1.54, 1.807) is 37.4 Å². The molecule has 0 bridgehead atoms. The molecule has 0 saturated heterocycles. The largest absolute Gasteiger partial charge is 0.453 e. The van der Waals surface area contributed by atoms with E-state index in [0.717, 1.165) is 6.26 Å². The lowest BCUT2D eigenvalue weighted by atomic mass is 10.3. The van der Waals surface area contributed by atoms with Gasteiger partial charge in [0.05, 0.1) is 16.3 Å². The Morgan fingerprint density at radius 1 is 1.16 bits per heavy atom. The third-order valence-corrected chi connectivity index (χ3v) is 3.76. The van der Waals surface area contributed by atoms with Crippen molar-refractivity contribution in [2.24, 2.45) is 0 Å². The van der Waals surface area contributed by atoms with E-state index in [4.69, 9.17) is 10.5 Å². The number of sulfone groups is 1. The first-order valence-electron chi connectivity index (χ1n) is 5.57. The Bertz CT molecular complexity index is 712. The Balaban J connectivity index is 2.46. The molecule has 1 heterocycles. The van der Waals surface area contributed by atoms with Crippen molar-refractivity contribution in [2.45, 2.75) is 11.8 Å². The van der Waals surface area contributed by atoms with Crippen molar-refractivity contribution in [3.8, 4) is 11.5 Å². The number of pyridine rings is 1. The smallest absolute Gasteiger partial charge is 0.177 e. The van der Waals surface area contributed by atoms with Crippen molar-refractivity contribution in [1.29, 1.82) is 0 Å². The highest BCUT2D eigenvalue weighted by Crippen LogP contribution is 2.32. The maximum Gasteiger partial charge on any atom is 0.177 e. The minimum absolute atomic E-state index is 0.0616. The summed E-state index contributed by atoms with van der Waals surface area (Å²) in [5.41, 5.74) is 6.65. The van der Waals surface area contributed by atoms with Gasteiger partial charge < -0.3 is 10.5 Å². The number of hydrogen-bond acceptors (Lipinski definition) is 5. The van der Waals surface area contributed by atoms with Gasteiger partial charge in [0, 0.05) is 12.5 Å². The first-order chi connectivity index (χ1) is 8.89. The van der Waals surface area contributed by atoms with Crippen LogP contribution in [0.1, 0.15) is 5.69 Å². The number of hydrogen-bond donors (Lipinski definition) is 1. The molecule has 0 aliphatic heterocycles. The number of aryl methyl sites for hydroxylation is 1. The molecule has 1 aromatic heterocycles. The van der Waals surface area contributed by atoms with Gasteiger partial charge in [-0.1, -0.05) is 6.07 Å². The van der Waals surface area contributed by atoms with E-state index in [9.17, 15) is 8.42 Å². The highest BCUT2D eigenvalue weighted by atomic mass is 32.2. The number of anilines is 1. The van der Waals surface area contributed by atoms with E-state index < -0.39 is 9.84 Å². The Morgan fingerprint density at radius 3 is 2.47 bits per heavy atom. The van der Waals surface area contributed by atoms with Crippen molar-refractivity contribution in [3.05, 3.63) is 42.2 Å². The summed E-state index contributed by atoms with van der Waals surface area (Å²) >= 11 is 0. The summed E-state index contributed by atoms with van der Waals surface area (Å²) in [6.07, 6.45) is 2.76. The minimum Gasteiger partial charge on any atom is -0.453 e. The molecule has 0 fully saturated rings. The number of rotatable bonds is 3. The van der Waals surface area contributed by atoms with E-state index in [0.29, 0.717) is 17.2 Å². The van der Waals surface area contributed by atoms with Crippen LogP contribution in [0.5, 0.6) is 11.5 Å². The number of aromatic nitrogens is 1. The predicted molar refractivity (Wildman–Crippen MR) is 73.0 cm³/mol. The van der Waals surface area contributed by atoms with Gasteiger partial charge in [0.2, 0.25) is 0 Å². The zero-order chi connectivity index (χ0) is 14.0. The summed E-state index contributed by atoms with van der Waals surface area (Å²) in [6, 6.07) is 8.14. The van der Waals surface area contributed by atoms with Crippen molar-refractivity contribution in [2.75, 3.05) is 12.0 Å². The third kappa shape index (κ3) is 2.85. The molecule has 5 nitrogen and oxygen atoms in total. The van der Waals surface area contributed by atoms with Gasteiger partial charge >= 0.3 is 0 Å². The van der Waals surface area contributed by atoms with Crippen molar-refractivity contribution in [3.63, 3.8) is 0 Å². The molecule has 2 N–H and O–H groups in total. The molecule has 100 valence electrons. The van der Waals surface area contributed by atoms with Gasteiger partial charge in [0.15, 0.2) is 15.6 Å². The number of benzene rings is 1. The van der Waals surface area contributed by atoms with E-state index in [1.807, 2.05) is 0 Å². The molecule has 2 aromatic rings. The fourth-order valence-corrected chi connectivity index (χ4v) is 2.46. The number of nitrogen functional groups attached to an aromatic ring is 1. The molecule has 2 rings (SSSR count). The van der Waals surface area contributed by atoms with Crippen LogP contribution in [-0.2, 0) is 9.84 Å². The molecule has 19 heavy (non-hydrogen) atoms. The number of nitrogens with zero attached hydrogens (tertiary/aromatic N) is 1. The van der Waals surface area contributed by atoms with Gasteiger partial charge in [-0.15, -0.1) is 0 Å². The van der Waals surface area contributed by atoms with Crippen LogP contribution in [0.25, 0.3) is 0 Å². The Morgan fingerprint density at radius 2 is 1.84 bits per heavy atom. The number of para-hydroxylation sites is 1. The summed E-state index contributed by atoms with van der Waals surface area (Å²) in [5.74, 6) is 0.846. The Hall–Kier alpha value is -2.08. The second kappa shape index (κ2) is 4.89. The minimum atomic E-state index is -3.38. The average Bonchev–Trinajstić information content (AvgIpc) is 2.33. The molecule has 0 atom stereocenters. The SMILES string of the molecule is Cc1ncccc1Oc1cccc(S(C)(=O)=O)c1N. The lowest BCUT2D eigenvalue weighted by Crippen LogP contribution is -2.04. The third-order valence-electron chi connectivity index (χ3n) is 2.60. The number of nitrogens with two attached hydrogens (primary N) is 1. The molecule has 0 amide bonds. The number of ether oxygens (including phenoxy) is 1. The maximum atomic E-state index is 11.6. The van der Waals surface area contributed by atoms with Gasteiger partial charge in [-0.3, -0.25) is 4.98 Å². The molecule has 0 radical (unpaired) electrons. The van der Waals surface area contributed by atoms with E-state index >= 15 is 0 Å². The van der Waals surface area contributed by atoms with Crippen molar-refractivity contribution in [1.82, 2.24) is 4.98 Å². The maximum absolute atomic E-state index is 11.6. The van der Waals surface area contributed by atoms with Crippen LogP contribution >= 0.6 is 0 Å². The summed E-state index contributed by atoms with van der Waals surface area (Å²) in [5, 5.41) is 0. The van der Waals surface area contributed by atoms with Crippen LogP contribution in [-0.4, -0.2) is 19.7 Å². The average molecular weight is 278 g/mol. The van der Waals surface area contributed by atoms with E-state index in [2.05, 4.69) is 4.98 Å². The highest BCUT2D eigenvalue weighted by molar-refractivity contribution is 7.90. The summed E-state index contributed by atoms with van der Waals surface area (Å²) in [4.78, 5) is 4.15. The van der Waals surface area contributed by atoms with Crippen molar-refractivity contribution < 1.29 is 13.2 Å². The van der Waals surface area contributed by atoms with Gasteiger partial charge in [-0.25, -0.2) is 8.42 Å². The lowest BCUT2D eigenvalue weighted by molar-refractivity contribution is 0.476. The molecule has 0 aliphatic rings. The van der Waals surface area contributed by atoms with Crippen molar-refractivity contribution >= 4 is 15.5 Å². The fourth-order valence-electron chi connectivity index (χ4n) is 1.63. The molecular formula is C13H14N2O3S. The Kier molecular flexibility index (Phi) is 3.44. The zero-order valence-corrected chi connectivity index (χ0v) is 11.4. The first-order valence-corrected chi connectivity index (χ1v) is 7.47. The fraction of sp³-hybridized carbons (Fsp3) is 0.154. The molecule has 0 spiro atoms. The van der Waals surface area contributed by atoms with E-state index in [-0.39, 0.29) is 10.6 Å². The summed E-state index contributed by atoms with van der Waals surface area (Å²) in [7, 11) is -3.38. The van der Waals surface area contributed by atoms with Crippen LogP contribution in [0.3, 0.4) is 0 Å². The van der Waals surface area contributed by atoms with Crippen LogP contribution < -0.4 is 10.5 Å². The first kappa shape index (κ1) is 13.4. The molecule has 6 heteroatoms. The normalized spacial score (nSPS) is 11.3. The standard InChI is InChI=1S/C13H14N2O3S/c1-9-10(6-4-8-15-9)18-11-5-3-7-12(13(11)14)19(2,16)17/h3-8H,14H2,1-2H3. The summed E-state index contributed by atoms with van der Waals surface area (Å²) in [6.45, 7) is 1.80. The lowest BCUT2D eigenvalue weighted by Gasteiger charge is -2.12. The molecular weight excluding hydrogens is 264 g/mol. The van der Waals surface area contributed by atoms with Crippen LogP contribution in [0.15, 0.2) is 41.4 Å². The summed E-state index contributed by atoms with van der Waals surface area (Å²) < 4.78 is 28.8. The Labute approximate surface area is 112 Å². The molecule has 1 aromatic carbocycles. The highest BCUT2D eigenvalue weighted by Gasteiger charge is 2.15. The molecule has 0 unspecified atom stereocenters. The van der Waals surface area contributed by atoms with Gasteiger partial charge in [-0.05, 0) is 31.2 Å². The second-order valence-corrected chi connectivity index (χ2v) is 6.11. The predicted octanol–water partition coefficient (Wildman–Crippen LogP) is 2.17. The van der Waals surface area contributed by atoms with Gasteiger partial charge in [0.25, 0.3) is 0 Å². The van der Waals surface area contributed by atoms with Gasteiger partial charge in [-0.2, -0.15) is 0 Å². The molecule has 0 aliphatic carbocycles. The second-order valence-electron chi connectivity index (χ2n) is 4.13. The zero-order valence-electron chi connectivity index (χ0n) is 10.6. The van der Waals surface area contributed by atoms with Gasteiger partial charge in [0.1, 0.15) is 5.75 Å². The van der Waals surface area contributed by atoms with Crippen LogP contribution in [0.2, 0.25) is 0 Å². The topological polar surface area (TPSA) is 82.3 Å². The quantitative estimate of drug-likeness (QED) is 0.870. The monoisotopic (exact) mass is 278 g/mol.